The molecule has 1 aliphatic carbocycles. The second-order valence-corrected chi connectivity index (χ2v) is 13.0. The van der Waals surface area contributed by atoms with Gasteiger partial charge in [0, 0.05) is 23.8 Å². The Morgan fingerprint density at radius 2 is 1.69 bits per heavy atom. The first-order chi connectivity index (χ1) is 16.4. The van der Waals surface area contributed by atoms with Crippen LogP contribution in [0.3, 0.4) is 0 Å². The topological polar surface area (TPSA) is 35.5 Å². The highest BCUT2D eigenvalue weighted by molar-refractivity contribution is 5.78. The standard InChI is InChI=1S/C30H43F3O3/c1-19-12-13-22-21(16-19)25-23(35-26(34)27(2,3)4)17-20(18-24(25)36-29(22,7)8)28(5,6)14-10-9-11-15-30(31,32)33/h12,17-18,21-22H,9-11,13-16H2,1-8H3. The summed E-state index contributed by atoms with van der Waals surface area (Å²) in [6.07, 6.45) is 1.35. The van der Waals surface area contributed by atoms with Crippen LogP contribution in [0.5, 0.6) is 11.5 Å². The van der Waals surface area contributed by atoms with E-state index in [4.69, 9.17) is 9.47 Å². The number of rotatable bonds is 7. The molecule has 0 bridgehead atoms. The average Bonchev–Trinajstić information content (AvgIpc) is 2.70. The molecule has 0 aromatic heterocycles. The minimum Gasteiger partial charge on any atom is -0.487 e. The average molecular weight is 509 g/mol. The number of hydrogen-bond donors (Lipinski definition) is 0. The first-order valence-electron chi connectivity index (χ1n) is 13.2. The minimum atomic E-state index is -4.10. The van der Waals surface area contributed by atoms with Crippen molar-refractivity contribution >= 4 is 5.97 Å². The Hall–Kier alpha value is -1.98. The molecule has 1 aromatic carbocycles. The van der Waals surface area contributed by atoms with E-state index in [1.807, 2.05) is 26.8 Å². The van der Waals surface area contributed by atoms with Crippen LogP contribution in [0, 0.1) is 11.3 Å². The number of halogens is 3. The number of ether oxygens (including phenoxy) is 2. The van der Waals surface area contributed by atoms with Gasteiger partial charge in [0.15, 0.2) is 0 Å². The molecule has 3 nitrogen and oxygen atoms in total. The molecule has 2 unspecified atom stereocenters. The summed E-state index contributed by atoms with van der Waals surface area (Å²) >= 11 is 0. The van der Waals surface area contributed by atoms with Gasteiger partial charge in [-0.05, 0) is 90.3 Å². The maximum absolute atomic E-state index is 13.0. The van der Waals surface area contributed by atoms with Crippen molar-refractivity contribution in [1.29, 1.82) is 0 Å². The molecule has 6 heteroatoms. The van der Waals surface area contributed by atoms with Crippen LogP contribution in [-0.4, -0.2) is 17.7 Å². The minimum absolute atomic E-state index is 0.144. The normalized spacial score (nSPS) is 21.7. The quantitative estimate of drug-likeness (QED) is 0.159. The number of carbonyl (C=O) groups is 1. The van der Waals surface area contributed by atoms with E-state index in [1.165, 1.54) is 5.57 Å². The number of fused-ring (bicyclic) bond motifs is 3. The van der Waals surface area contributed by atoms with E-state index in [0.29, 0.717) is 18.6 Å². The zero-order valence-electron chi connectivity index (χ0n) is 23.2. The lowest BCUT2D eigenvalue weighted by Crippen LogP contribution is -2.45. The molecule has 202 valence electrons. The van der Waals surface area contributed by atoms with E-state index < -0.39 is 18.0 Å². The van der Waals surface area contributed by atoms with Crippen LogP contribution in [0.25, 0.3) is 0 Å². The van der Waals surface area contributed by atoms with Crippen molar-refractivity contribution < 1.29 is 27.4 Å². The maximum atomic E-state index is 13.0. The lowest BCUT2D eigenvalue weighted by molar-refractivity contribution is -0.143. The molecule has 0 spiro atoms. The lowest BCUT2D eigenvalue weighted by atomic mass is 9.66. The zero-order valence-corrected chi connectivity index (χ0v) is 23.2. The number of alkyl halides is 3. The van der Waals surface area contributed by atoms with Crippen molar-refractivity contribution in [3.05, 3.63) is 34.9 Å². The summed E-state index contributed by atoms with van der Waals surface area (Å²) in [7, 11) is 0. The molecule has 1 heterocycles. The number of benzene rings is 1. The summed E-state index contributed by atoms with van der Waals surface area (Å²) < 4.78 is 50.2. The van der Waals surface area contributed by atoms with Crippen LogP contribution < -0.4 is 9.47 Å². The van der Waals surface area contributed by atoms with Crippen LogP contribution >= 0.6 is 0 Å². The maximum Gasteiger partial charge on any atom is 0.389 e. The van der Waals surface area contributed by atoms with Gasteiger partial charge >= 0.3 is 12.1 Å². The smallest absolute Gasteiger partial charge is 0.389 e. The Bertz CT molecular complexity index is 996. The van der Waals surface area contributed by atoms with Crippen molar-refractivity contribution in [2.75, 3.05) is 0 Å². The summed E-state index contributed by atoms with van der Waals surface area (Å²) in [4.78, 5) is 13.0. The van der Waals surface area contributed by atoms with Gasteiger partial charge < -0.3 is 9.47 Å². The fourth-order valence-corrected chi connectivity index (χ4v) is 5.49. The fourth-order valence-electron chi connectivity index (χ4n) is 5.49. The van der Waals surface area contributed by atoms with Gasteiger partial charge in [0.25, 0.3) is 0 Å². The van der Waals surface area contributed by atoms with Crippen LogP contribution in [0.1, 0.15) is 117 Å². The molecule has 0 fully saturated rings. The molecule has 1 aromatic rings. The highest BCUT2D eigenvalue weighted by Crippen LogP contribution is 2.55. The summed E-state index contributed by atoms with van der Waals surface area (Å²) in [6.45, 7) is 16.1. The molecule has 3 rings (SSSR count). The molecule has 1 aliphatic heterocycles. The molecule has 0 amide bonds. The van der Waals surface area contributed by atoms with E-state index in [-0.39, 0.29) is 35.2 Å². The highest BCUT2D eigenvalue weighted by Gasteiger charge is 2.46. The molecular formula is C30H43F3O3. The van der Waals surface area contributed by atoms with Gasteiger partial charge in [0.2, 0.25) is 0 Å². The van der Waals surface area contributed by atoms with Gasteiger partial charge in [-0.25, -0.2) is 0 Å². The van der Waals surface area contributed by atoms with Gasteiger partial charge in [0.1, 0.15) is 17.1 Å². The van der Waals surface area contributed by atoms with Gasteiger partial charge in [-0.2, -0.15) is 13.2 Å². The van der Waals surface area contributed by atoms with E-state index >= 15 is 0 Å². The van der Waals surface area contributed by atoms with Gasteiger partial charge in [-0.15, -0.1) is 0 Å². The number of hydrogen-bond acceptors (Lipinski definition) is 3. The van der Waals surface area contributed by atoms with Crippen LogP contribution in [0.4, 0.5) is 13.2 Å². The Labute approximate surface area is 214 Å². The zero-order chi connectivity index (χ0) is 27.1. The van der Waals surface area contributed by atoms with E-state index in [1.54, 1.807) is 0 Å². The van der Waals surface area contributed by atoms with E-state index in [0.717, 1.165) is 36.1 Å². The second kappa shape index (κ2) is 10.1. The van der Waals surface area contributed by atoms with Crippen LogP contribution in [0.2, 0.25) is 0 Å². The second-order valence-electron chi connectivity index (χ2n) is 13.0. The molecule has 2 aliphatic rings. The van der Waals surface area contributed by atoms with Gasteiger partial charge in [-0.1, -0.05) is 38.3 Å². The largest absolute Gasteiger partial charge is 0.487 e. The van der Waals surface area contributed by atoms with Crippen molar-refractivity contribution in [1.82, 2.24) is 0 Å². The van der Waals surface area contributed by atoms with Crippen molar-refractivity contribution in [2.24, 2.45) is 11.3 Å². The predicted octanol–water partition coefficient (Wildman–Crippen LogP) is 9.04. The Balaban J connectivity index is 1.97. The van der Waals surface area contributed by atoms with Crippen LogP contribution in [-0.2, 0) is 10.2 Å². The van der Waals surface area contributed by atoms with Crippen molar-refractivity contribution in [2.45, 2.75) is 123 Å². The number of unbranched alkanes of at least 4 members (excludes halogenated alkanes) is 2. The lowest BCUT2D eigenvalue weighted by Gasteiger charge is -2.47. The number of esters is 1. The Morgan fingerprint density at radius 3 is 2.31 bits per heavy atom. The van der Waals surface area contributed by atoms with Gasteiger partial charge in [0.05, 0.1) is 5.41 Å². The van der Waals surface area contributed by atoms with Crippen molar-refractivity contribution in [3.63, 3.8) is 0 Å². The fraction of sp³-hybridized carbons (Fsp3) is 0.700. The summed E-state index contributed by atoms with van der Waals surface area (Å²) in [5, 5.41) is 0. The summed E-state index contributed by atoms with van der Waals surface area (Å²) in [5.74, 6) is 1.49. The molecule has 0 radical (unpaired) electrons. The summed E-state index contributed by atoms with van der Waals surface area (Å²) in [6, 6.07) is 4.05. The van der Waals surface area contributed by atoms with Crippen molar-refractivity contribution in [3.8, 4) is 11.5 Å². The van der Waals surface area contributed by atoms with Crippen LogP contribution in [0.15, 0.2) is 23.8 Å². The predicted molar refractivity (Wildman–Crippen MR) is 138 cm³/mol. The molecule has 0 saturated carbocycles. The molecule has 2 atom stereocenters. The first-order valence-corrected chi connectivity index (χ1v) is 13.2. The SMILES string of the molecule is CC1=CCC2C(C1)c1c(OC(=O)C(C)(C)C)cc(C(C)(C)CCCCCC(F)(F)F)cc1OC2(C)C. The van der Waals surface area contributed by atoms with E-state index in [2.05, 4.69) is 46.8 Å². The third-order valence-corrected chi connectivity index (χ3v) is 7.85. The first kappa shape index (κ1) is 28.6. The third-order valence-electron chi connectivity index (χ3n) is 7.85. The number of allylic oxidation sites excluding steroid dienone is 2. The molecule has 0 saturated heterocycles. The Morgan fingerprint density at radius 1 is 1.06 bits per heavy atom. The molecule has 36 heavy (non-hydrogen) atoms. The monoisotopic (exact) mass is 508 g/mol. The van der Waals surface area contributed by atoms with E-state index in [9.17, 15) is 18.0 Å². The summed E-state index contributed by atoms with van der Waals surface area (Å²) in [5.41, 5.74) is 1.92. The Kier molecular flexibility index (Phi) is 7.99. The highest BCUT2D eigenvalue weighted by atomic mass is 19.4. The molecule has 0 N–H and O–H groups in total. The molecular weight excluding hydrogens is 465 g/mol. The van der Waals surface area contributed by atoms with Gasteiger partial charge in [-0.3, -0.25) is 4.79 Å². The number of carbonyl (C=O) groups excluding carboxylic acids is 1. The third kappa shape index (κ3) is 6.66.